The largest absolute Gasteiger partial charge is 0.374 e. The maximum absolute atomic E-state index is 11.8. The van der Waals surface area contributed by atoms with Crippen molar-refractivity contribution in [3.8, 4) is 0 Å². The van der Waals surface area contributed by atoms with E-state index >= 15 is 0 Å². The first kappa shape index (κ1) is 18.3. The van der Waals surface area contributed by atoms with Crippen LogP contribution in [0.25, 0.3) is 10.9 Å². The van der Waals surface area contributed by atoms with Crippen molar-refractivity contribution in [2.24, 2.45) is 0 Å². The lowest BCUT2D eigenvalue weighted by molar-refractivity contribution is 0.0657. The number of fused-ring (bicyclic) bond motifs is 1. The molecule has 0 unspecified atom stereocenters. The SMILES string of the molecule is CC(C)OCc1ccc(Nc2ncnc3ccc(S(C)(=O)=O)cc23)cc1. The van der Waals surface area contributed by atoms with Gasteiger partial charge in [-0.15, -0.1) is 0 Å². The lowest BCUT2D eigenvalue weighted by Gasteiger charge is -2.11. The van der Waals surface area contributed by atoms with Crippen LogP contribution in [0.4, 0.5) is 11.5 Å². The topological polar surface area (TPSA) is 81.2 Å². The summed E-state index contributed by atoms with van der Waals surface area (Å²) < 4.78 is 29.2. The molecule has 1 aromatic heterocycles. The zero-order valence-corrected chi connectivity index (χ0v) is 15.7. The minimum atomic E-state index is -3.30. The van der Waals surface area contributed by atoms with Gasteiger partial charge in [0.25, 0.3) is 0 Å². The molecule has 3 rings (SSSR count). The molecule has 26 heavy (non-hydrogen) atoms. The van der Waals surface area contributed by atoms with E-state index in [0.29, 0.717) is 23.3 Å². The molecule has 6 nitrogen and oxygen atoms in total. The Kier molecular flexibility index (Phi) is 5.20. The third-order valence-corrected chi connectivity index (χ3v) is 4.95. The van der Waals surface area contributed by atoms with E-state index in [2.05, 4.69) is 15.3 Å². The van der Waals surface area contributed by atoms with E-state index in [9.17, 15) is 8.42 Å². The maximum Gasteiger partial charge on any atom is 0.175 e. The number of nitrogens with zero attached hydrogens (tertiary/aromatic N) is 2. The van der Waals surface area contributed by atoms with Gasteiger partial charge in [-0.1, -0.05) is 12.1 Å². The molecule has 0 spiro atoms. The fraction of sp³-hybridized carbons (Fsp3) is 0.263. The van der Waals surface area contributed by atoms with Crippen LogP contribution in [0.15, 0.2) is 53.7 Å². The molecule has 136 valence electrons. The third-order valence-electron chi connectivity index (χ3n) is 3.83. The average molecular weight is 371 g/mol. The van der Waals surface area contributed by atoms with Gasteiger partial charge in [-0.2, -0.15) is 0 Å². The highest BCUT2D eigenvalue weighted by atomic mass is 32.2. The number of ether oxygens (including phenoxy) is 1. The molecule has 0 aliphatic heterocycles. The van der Waals surface area contributed by atoms with E-state index < -0.39 is 9.84 Å². The number of sulfone groups is 1. The molecule has 1 N–H and O–H groups in total. The third kappa shape index (κ3) is 4.36. The van der Waals surface area contributed by atoms with Gasteiger partial charge in [0.2, 0.25) is 0 Å². The zero-order chi connectivity index (χ0) is 18.7. The number of benzene rings is 2. The molecule has 0 fully saturated rings. The van der Waals surface area contributed by atoms with Crippen molar-refractivity contribution < 1.29 is 13.2 Å². The highest BCUT2D eigenvalue weighted by Crippen LogP contribution is 2.25. The van der Waals surface area contributed by atoms with Crippen molar-refractivity contribution in [3.63, 3.8) is 0 Å². The lowest BCUT2D eigenvalue weighted by Crippen LogP contribution is -2.02. The van der Waals surface area contributed by atoms with Gasteiger partial charge in [-0.25, -0.2) is 18.4 Å². The Morgan fingerprint density at radius 1 is 1.08 bits per heavy atom. The van der Waals surface area contributed by atoms with Crippen LogP contribution >= 0.6 is 0 Å². The minimum absolute atomic E-state index is 0.184. The van der Waals surface area contributed by atoms with Crippen LogP contribution in [0, 0.1) is 0 Å². The van der Waals surface area contributed by atoms with E-state index in [-0.39, 0.29) is 11.0 Å². The van der Waals surface area contributed by atoms with Crippen LogP contribution in [-0.4, -0.2) is 30.7 Å². The molecule has 7 heteroatoms. The Morgan fingerprint density at radius 2 is 1.81 bits per heavy atom. The van der Waals surface area contributed by atoms with E-state index in [0.717, 1.165) is 11.3 Å². The second kappa shape index (κ2) is 7.39. The van der Waals surface area contributed by atoms with Gasteiger partial charge in [0.05, 0.1) is 23.1 Å². The Labute approximate surface area is 153 Å². The number of anilines is 2. The summed E-state index contributed by atoms with van der Waals surface area (Å²) >= 11 is 0. The molecule has 0 saturated heterocycles. The monoisotopic (exact) mass is 371 g/mol. The summed E-state index contributed by atoms with van der Waals surface area (Å²) in [6.07, 6.45) is 2.82. The molecule has 1 heterocycles. The van der Waals surface area contributed by atoms with Crippen molar-refractivity contribution in [3.05, 3.63) is 54.4 Å². The molecule has 0 saturated carbocycles. The van der Waals surface area contributed by atoms with E-state index in [4.69, 9.17) is 4.74 Å². The zero-order valence-electron chi connectivity index (χ0n) is 14.9. The normalized spacial score (nSPS) is 11.8. The molecular formula is C19H21N3O3S. The van der Waals surface area contributed by atoms with Crippen LogP contribution in [0.5, 0.6) is 0 Å². The quantitative estimate of drug-likeness (QED) is 0.711. The predicted molar refractivity (Wildman–Crippen MR) is 102 cm³/mol. The summed E-state index contributed by atoms with van der Waals surface area (Å²) in [4.78, 5) is 8.70. The van der Waals surface area contributed by atoms with Crippen molar-refractivity contribution in [1.29, 1.82) is 0 Å². The van der Waals surface area contributed by atoms with Gasteiger partial charge >= 0.3 is 0 Å². The fourth-order valence-corrected chi connectivity index (χ4v) is 3.10. The van der Waals surface area contributed by atoms with Gasteiger partial charge in [-0.3, -0.25) is 0 Å². The Balaban J connectivity index is 1.88. The highest BCUT2D eigenvalue weighted by molar-refractivity contribution is 7.90. The summed E-state index contributed by atoms with van der Waals surface area (Å²) in [7, 11) is -3.30. The highest BCUT2D eigenvalue weighted by Gasteiger charge is 2.11. The van der Waals surface area contributed by atoms with Crippen LogP contribution < -0.4 is 5.32 Å². The molecule has 2 aromatic carbocycles. The molecule has 0 bridgehead atoms. The lowest BCUT2D eigenvalue weighted by atomic mass is 10.2. The van der Waals surface area contributed by atoms with Crippen LogP contribution in [0.2, 0.25) is 0 Å². The number of nitrogens with one attached hydrogen (secondary N) is 1. The number of aromatic nitrogens is 2. The number of hydrogen-bond donors (Lipinski definition) is 1. The molecule has 3 aromatic rings. The summed E-state index contributed by atoms with van der Waals surface area (Å²) in [5, 5.41) is 3.89. The summed E-state index contributed by atoms with van der Waals surface area (Å²) in [5.74, 6) is 0.562. The van der Waals surface area contributed by atoms with Crippen LogP contribution in [0.1, 0.15) is 19.4 Å². The summed E-state index contributed by atoms with van der Waals surface area (Å²) in [6, 6.07) is 12.7. The smallest absolute Gasteiger partial charge is 0.175 e. The second-order valence-electron chi connectivity index (χ2n) is 6.36. The first-order valence-electron chi connectivity index (χ1n) is 8.25. The van der Waals surface area contributed by atoms with Gasteiger partial charge < -0.3 is 10.1 Å². The van der Waals surface area contributed by atoms with E-state index in [1.54, 1.807) is 18.2 Å². The Bertz CT molecular complexity index is 1020. The second-order valence-corrected chi connectivity index (χ2v) is 8.37. The fourth-order valence-electron chi connectivity index (χ4n) is 2.45. The van der Waals surface area contributed by atoms with E-state index in [1.165, 1.54) is 12.6 Å². The summed E-state index contributed by atoms with van der Waals surface area (Å²) in [5.41, 5.74) is 2.61. The van der Waals surface area contributed by atoms with Crippen molar-refractivity contribution in [2.45, 2.75) is 31.5 Å². The van der Waals surface area contributed by atoms with Crippen molar-refractivity contribution >= 4 is 32.2 Å². The van der Waals surface area contributed by atoms with Gasteiger partial charge in [-0.05, 0) is 49.7 Å². The number of hydrogen-bond acceptors (Lipinski definition) is 6. The summed E-state index contributed by atoms with van der Waals surface area (Å²) in [6.45, 7) is 4.56. The molecular weight excluding hydrogens is 350 g/mol. The molecule has 0 atom stereocenters. The first-order valence-corrected chi connectivity index (χ1v) is 10.1. The number of rotatable bonds is 6. The molecule has 0 radical (unpaired) electrons. The van der Waals surface area contributed by atoms with Crippen LogP contribution in [-0.2, 0) is 21.2 Å². The molecule has 0 aliphatic rings. The van der Waals surface area contributed by atoms with Crippen molar-refractivity contribution in [2.75, 3.05) is 11.6 Å². The maximum atomic E-state index is 11.8. The predicted octanol–water partition coefficient (Wildman–Crippen LogP) is 3.70. The van der Waals surface area contributed by atoms with E-state index in [1.807, 2.05) is 38.1 Å². The molecule has 0 amide bonds. The first-order chi connectivity index (χ1) is 12.3. The van der Waals surface area contributed by atoms with Gasteiger partial charge in [0.15, 0.2) is 9.84 Å². The molecule has 0 aliphatic carbocycles. The van der Waals surface area contributed by atoms with Gasteiger partial charge in [0.1, 0.15) is 12.1 Å². The Hall–Kier alpha value is -2.51. The van der Waals surface area contributed by atoms with Crippen molar-refractivity contribution in [1.82, 2.24) is 9.97 Å². The van der Waals surface area contributed by atoms with Crippen LogP contribution in [0.3, 0.4) is 0 Å². The standard InChI is InChI=1S/C19H21N3O3S/c1-13(2)25-11-14-4-6-15(7-5-14)22-19-17-10-16(26(3,23)24)8-9-18(17)20-12-21-19/h4-10,12-13H,11H2,1-3H3,(H,20,21,22). The minimum Gasteiger partial charge on any atom is -0.374 e. The Morgan fingerprint density at radius 3 is 2.46 bits per heavy atom. The van der Waals surface area contributed by atoms with Gasteiger partial charge in [0, 0.05) is 17.3 Å². The average Bonchev–Trinajstić information content (AvgIpc) is 2.60.